The van der Waals surface area contributed by atoms with Crippen molar-refractivity contribution in [1.82, 2.24) is 0 Å². The van der Waals surface area contributed by atoms with Gasteiger partial charge in [0, 0.05) is 25.5 Å². The van der Waals surface area contributed by atoms with Gasteiger partial charge in [0.25, 0.3) is 0 Å². The SMILES string of the molecule is COC(=O)c1cccc(N2CC(CO)CC2=O)c1F. The highest BCUT2D eigenvalue weighted by atomic mass is 19.1. The summed E-state index contributed by atoms with van der Waals surface area (Å²) >= 11 is 0. The molecule has 1 heterocycles. The Morgan fingerprint density at radius 2 is 2.32 bits per heavy atom. The van der Waals surface area contributed by atoms with E-state index in [1.807, 2.05) is 0 Å². The molecule has 1 aromatic carbocycles. The molecule has 1 saturated heterocycles. The van der Waals surface area contributed by atoms with Gasteiger partial charge in [-0.15, -0.1) is 0 Å². The molecule has 102 valence electrons. The first-order chi connectivity index (χ1) is 9.08. The van der Waals surface area contributed by atoms with Gasteiger partial charge in [-0.05, 0) is 12.1 Å². The van der Waals surface area contributed by atoms with Crippen molar-refractivity contribution < 1.29 is 23.8 Å². The van der Waals surface area contributed by atoms with E-state index in [9.17, 15) is 14.0 Å². The van der Waals surface area contributed by atoms with E-state index in [-0.39, 0.29) is 42.6 Å². The second-order valence-corrected chi connectivity index (χ2v) is 4.39. The zero-order valence-corrected chi connectivity index (χ0v) is 10.4. The lowest BCUT2D eigenvalue weighted by atomic mass is 10.1. The minimum atomic E-state index is -0.787. The highest BCUT2D eigenvalue weighted by Crippen LogP contribution is 2.29. The molecule has 0 aromatic heterocycles. The van der Waals surface area contributed by atoms with Gasteiger partial charge in [-0.3, -0.25) is 4.79 Å². The molecule has 1 N–H and O–H groups in total. The van der Waals surface area contributed by atoms with Crippen LogP contribution in [0.15, 0.2) is 18.2 Å². The number of amides is 1. The minimum Gasteiger partial charge on any atom is -0.465 e. The summed E-state index contributed by atoms with van der Waals surface area (Å²) in [7, 11) is 1.16. The van der Waals surface area contributed by atoms with Crippen LogP contribution < -0.4 is 4.90 Å². The van der Waals surface area contributed by atoms with Crippen LogP contribution >= 0.6 is 0 Å². The van der Waals surface area contributed by atoms with E-state index in [0.29, 0.717) is 0 Å². The van der Waals surface area contributed by atoms with Crippen molar-refractivity contribution in [3.8, 4) is 0 Å². The van der Waals surface area contributed by atoms with Crippen LogP contribution in [-0.2, 0) is 9.53 Å². The fourth-order valence-electron chi connectivity index (χ4n) is 2.13. The molecule has 5 nitrogen and oxygen atoms in total. The van der Waals surface area contributed by atoms with Crippen LogP contribution in [-0.4, -0.2) is 37.2 Å². The molecular formula is C13H14FNO4. The maximum absolute atomic E-state index is 14.2. The number of aliphatic hydroxyl groups is 1. The smallest absolute Gasteiger partial charge is 0.340 e. The molecule has 1 atom stereocenters. The fourth-order valence-corrected chi connectivity index (χ4v) is 2.13. The van der Waals surface area contributed by atoms with Crippen LogP contribution in [0.5, 0.6) is 0 Å². The van der Waals surface area contributed by atoms with Crippen LogP contribution in [0.2, 0.25) is 0 Å². The van der Waals surface area contributed by atoms with Gasteiger partial charge in [0.15, 0.2) is 5.82 Å². The third-order valence-corrected chi connectivity index (χ3v) is 3.14. The molecule has 1 amide bonds. The second kappa shape index (κ2) is 5.36. The van der Waals surface area contributed by atoms with E-state index in [1.54, 1.807) is 0 Å². The summed E-state index contributed by atoms with van der Waals surface area (Å²) in [5.74, 6) is -2.03. The third kappa shape index (κ3) is 2.44. The standard InChI is InChI=1S/C13H14FNO4/c1-19-13(18)9-3-2-4-10(12(9)14)15-6-8(7-16)5-11(15)17/h2-4,8,16H,5-7H2,1H3. The molecule has 2 rings (SSSR count). The molecule has 0 spiro atoms. The topological polar surface area (TPSA) is 66.8 Å². The molecule has 1 unspecified atom stereocenters. The summed E-state index contributed by atoms with van der Waals surface area (Å²) in [4.78, 5) is 24.4. The first-order valence-electron chi connectivity index (χ1n) is 5.86. The Morgan fingerprint density at radius 3 is 2.89 bits per heavy atom. The van der Waals surface area contributed by atoms with Gasteiger partial charge in [0.2, 0.25) is 5.91 Å². The van der Waals surface area contributed by atoms with Gasteiger partial charge in [-0.25, -0.2) is 9.18 Å². The average molecular weight is 267 g/mol. The first-order valence-corrected chi connectivity index (χ1v) is 5.86. The predicted molar refractivity (Wildman–Crippen MR) is 65.3 cm³/mol. The molecule has 6 heteroatoms. The summed E-state index contributed by atoms with van der Waals surface area (Å²) in [5, 5.41) is 9.05. The summed E-state index contributed by atoms with van der Waals surface area (Å²) in [6.07, 6.45) is 0.179. The van der Waals surface area contributed by atoms with E-state index in [0.717, 1.165) is 7.11 Å². The molecule has 1 aromatic rings. The molecule has 1 fully saturated rings. The van der Waals surface area contributed by atoms with Gasteiger partial charge in [-0.2, -0.15) is 0 Å². The Kier molecular flexibility index (Phi) is 3.80. The van der Waals surface area contributed by atoms with Gasteiger partial charge in [0.1, 0.15) is 0 Å². The number of anilines is 1. The quantitative estimate of drug-likeness (QED) is 0.828. The van der Waals surface area contributed by atoms with Crippen LogP contribution in [0.25, 0.3) is 0 Å². The molecule has 0 bridgehead atoms. The highest BCUT2D eigenvalue weighted by Gasteiger charge is 2.32. The Morgan fingerprint density at radius 1 is 1.58 bits per heavy atom. The number of esters is 1. The number of ether oxygens (including phenoxy) is 1. The minimum absolute atomic E-state index is 0.0452. The van der Waals surface area contributed by atoms with Gasteiger partial charge in [0.05, 0.1) is 18.4 Å². The molecule has 19 heavy (non-hydrogen) atoms. The first kappa shape index (κ1) is 13.5. The Labute approximate surface area is 109 Å². The van der Waals surface area contributed by atoms with Crippen LogP contribution in [0, 0.1) is 11.7 Å². The Balaban J connectivity index is 2.36. The predicted octanol–water partition coefficient (Wildman–Crippen LogP) is 0.958. The largest absolute Gasteiger partial charge is 0.465 e. The summed E-state index contributed by atoms with van der Waals surface area (Å²) in [5.41, 5.74) is -0.163. The number of aliphatic hydroxyl groups excluding tert-OH is 1. The average Bonchev–Trinajstić information content (AvgIpc) is 2.79. The second-order valence-electron chi connectivity index (χ2n) is 4.39. The summed E-state index contributed by atoms with van der Waals surface area (Å²) in [6, 6.07) is 4.22. The van der Waals surface area contributed by atoms with Crippen LogP contribution in [0.1, 0.15) is 16.8 Å². The number of hydrogen-bond donors (Lipinski definition) is 1. The molecular weight excluding hydrogens is 253 g/mol. The lowest BCUT2D eigenvalue weighted by Gasteiger charge is -2.18. The number of halogens is 1. The molecule has 0 saturated carbocycles. The zero-order valence-electron chi connectivity index (χ0n) is 10.4. The van der Waals surface area contributed by atoms with E-state index >= 15 is 0 Å². The lowest BCUT2D eigenvalue weighted by molar-refractivity contribution is -0.117. The molecule has 1 aliphatic heterocycles. The number of hydrogen-bond acceptors (Lipinski definition) is 4. The zero-order chi connectivity index (χ0) is 14.0. The van der Waals surface area contributed by atoms with E-state index in [2.05, 4.69) is 4.74 Å². The van der Waals surface area contributed by atoms with Crippen molar-refractivity contribution in [1.29, 1.82) is 0 Å². The lowest BCUT2D eigenvalue weighted by Crippen LogP contribution is -2.26. The monoisotopic (exact) mass is 267 g/mol. The van der Waals surface area contributed by atoms with Crippen LogP contribution in [0.4, 0.5) is 10.1 Å². The van der Waals surface area contributed by atoms with Crippen molar-refractivity contribution in [3.63, 3.8) is 0 Å². The van der Waals surface area contributed by atoms with Crippen molar-refractivity contribution >= 4 is 17.6 Å². The maximum atomic E-state index is 14.2. The number of methoxy groups -OCH3 is 1. The number of nitrogens with zero attached hydrogens (tertiary/aromatic N) is 1. The fraction of sp³-hybridized carbons (Fsp3) is 0.385. The van der Waals surface area contributed by atoms with E-state index in [4.69, 9.17) is 5.11 Å². The number of rotatable bonds is 3. The number of carbonyl (C=O) groups is 2. The van der Waals surface area contributed by atoms with Gasteiger partial charge < -0.3 is 14.7 Å². The Bertz CT molecular complexity index is 517. The third-order valence-electron chi connectivity index (χ3n) is 3.14. The van der Waals surface area contributed by atoms with Crippen molar-refractivity contribution in [3.05, 3.63) is 29.6 Å². The summed E-state index contributed by atoms with van der Waals surface area (Å²) < 4.78 is 18.7. The molecule has 0 aliphatic carbocycles. The molecule has 1 aliphatic rings. The normalized spacial score (nSPS) is 18.8. The van der Waals surface area contributed by atoms with Gasteiger partial charge >= 0.3 is 5.97 Å². The molecule has 0 radical (unpaired) electrons. The Hall–Kier alpha value is -1.95. The highest BCUT2D eigenvalue weighted by molar-refractivity contribution is 5.98. The van der Waals surface area contributed by atoms with E-state index < -0.39 is 11.8 Å². The van der Waals surface area contributed by atoms with E-state index in [1.165, 1.54) is 23.1 Å². The van der Waals surface area contributed by atoms with Crippen molar-refractivity contribution in [2.45, 2.75) is 6.42 Å². The van der Waals surface area contributed by atoms with Gasteiger partial charge in [-0.1, -0.05) is 6.07 Å². The number of carbonyl (C=O) groups excluding carboxylic acids is 2. The maximum Gasteiger partial charge on any atom is 0.340 e. The van der Waals surface area contributed by atoms with Crippen molar-refractivity contribution in [2.75, 3.05) is 25.2 Å². The summed E-state index contributed by atoms with van der Waals surface area (Å²) in [6.45, 7) is 0.122. The van der Waals surface area contributed by atoms with Crippen LogP contribution in [0.3, 0.4) is 0 Å². The number of benzene rings is 1. The van der Waals surface area contributed by atoms with Crippen molar-refractivity contribution in [2.24, 2.45) is 5.92 Å².